The van der Waals surface area contributed by atoms with Crippen LogP contribution < -0.4 is 4.74 Å². The standard InChI is InChI=1S/C20H20ClNO/c1-23-15-9-6-13(7-10-15)16-4-2-3-5-17-18-12-14(21)8-11-19(18)22-20(16)17/h6-12,16,22H,2-5H2,1H3. The smallest absolute Gasteiger partial charge is 0.118 e. The highest BCUT2D eigenvalue weighted by atomic mass is 35.5. The molecule has 1 N–H and O–H groups in total. The van der Waals surface area contributed by atoms with E-state index >= 15 is 0 Å². The number of hydrogen-bond acceptors (Lipinski definition) is 1. The largest absolute Gasteiger partial charge is 0.497 e. The van der Waals surface area contributed by atoms with Gasteiger partial charge in [-0.3, -0.25) is 0 Å². The number of fused-ring (bicyclic) bond motifs is 3. The second kappa shape index (κ2) is 5.93. The van der Waals surface area contributed by atoms with Crippen molar-refractivity contribution in [3.63, 3.8) is 0 Å². The third kappa shape index (κ3) is 2.61. The predicted molar refractivity (Wildman–Crippen MR) is 95.7 cm³/mol. The SMILES string of the molecule is COc1ccc(C2CCCCc3c2[nH]c2ccc(Cl)cc32)cc1. The molecule has 0 saturated carbocycles. The van der Waals surface area contributed by atoms with Gasteiger partial charge in [0.05, 0.1) is 7.11 Å². The maximum absolute atomic E-state index is 6.22. The Bertz CT molecular complexity index is 835. The van der Waals surface area contributed by atoms with E-state index in [0.29, 0.717) is 5.92 Å². The molecule has 2 nitrogen and oxygen atoms in total. The van der Waals surface area contributed by atoms with E-state index in [-0.39, 0.29) is 0 Å². The molecule has 0 saturated heterocycles. The van der Waals surface area contributed by atoms with E-state index in [1.807, 2.05) is 6.07 Å². The van der Waals surface area contributed by atoms with E-state index in [2.05, 4.69) is 41.4 Å². The summed E-state index contributed by atoms with van der Waals surface area (Å²) < 4.78 is 5.29. The van der Waals surface area contributed by atoms with Crippen LogP contribution in [0, 0.1) is 0 Å². The van der Waals surface area contributed by atoms with Gasteiger partial charge in [-0.15, -0.1) is 0 Å². The van der Waals surface area contributed by atoms with Gasteiger partial charge in [0.25, 0.3) is 0 Å². The van der Waals surface area contributed by atoms with Crippen molar-refractivity contribution in [2.24, 2.45) is 0 Å². The van der Waals surface area contributed by atoms with E-state index in [0.717, 1.165) is 17.2 Å². The summed E-state index contributed by atoms with van der Waals surface area (Å²) in [5.41, 5.74) is 5.36. The first-order valence-corrected chi connectivity index (χ1v) is 8.58. The van der Waals surface area contributed by atoms with Crippen LogP contribution in [0.5, 0.6) is 5.75 Å². The topological polar surface area (TPSA) is 25.0 Å². The molecule has 2 aromatic carbocycles. The average molecular weight is 326 g/mol. The summed E-state index contributed by atoms with van der Waals surface area (Å²) in [5, 5.41) is 2.09. The number of aromatic nitrogens is 1. The van der Waals surface area contributed by atoms with Gasteiger partial charge in [-0.25, -0.2) is 0 Å². The molecule has 1 unspecified atom stereocenters. The number of halogens is 1. The van der Waals surface area contributed by atoms with E-state index in [1.54, 1.807) is 7.11 Å². The zero-order chi connectivity index (χ0) is 15.8. The molecule has 1 aromatic heterocycles. The van der Waals surface area contributed by atoms with Crippen molar-refractivity contribution >= 4 is 22.5 Å². The summed E-state index contributed by atoms with van der Waals surface area (Å²) in [6.07, 6.45) is 4.79. The van der Waals surface area contributed by atoms with Crippen LogP contribution in [0.1, 0.15) is 42.0 Å². The monoisotopic (exact) mass is 325 g/mol. The number of ether oxygens (including phenoxy) is 1. The minimum atomic E-state index is 0.421. The number of hydrogen-bond donors (Lipinski definition) is 1. The molecule has 3 heteroatoms. The number of methoxy groups -OCH3 is 1. The fourth-order valence-corrected chi connectivity index (χ4v) is 3.94. The van der Waals surface area contributed by atoms with Crippen molar-refractivity contribution in [2.45, 2.75) is 31.6 Å². The van der Waals surface area contributed by atoms with Gasteiger partial charge < -0.3 is 9.72 Å². The van der Waals surface area contributed by atoms with Gasteiger partial charge in [0, 0.05) is 27.5 Å². The molecule has 4 rings (SSSR count). The second-order valence-corrected chi connectivity index (χ2v) is 6.72. The van der Waals surface area contributed by atoms with Crippen LogP contribution in [0.4, 0.5) is 0 Å². The lowest BCUT2D eigenvalue weighted by molar-refractivity contribution is 0.414. The zero-order valence-corrected chi connectivity index (χ0v) is 14.0. The minimum Gasteiger partial charge on any atom is -0.497 e. The summed E-state index contributed by atoms with van der Waals surface area (Å²) in [4.78, 5) is 3.67. The van der Waals surface area contributed by atoms with Crippen molar-refractivity contribution in [3.8, 4) is 5.75 Å². The highest BCUT2D eigenvalue weighted by Gasteiger charge is 2.24. The van der Waals surface area contributed by atoms with Crippen LogP contribution in [0.2, 0.25) is 5.02 Å². The normalized spacial score (nSPS) is 17.7. The maximum Gasteiger partial charge on any atom is 0.118 e. The van der Waals surface area contributed by atoms with Crippen molar-refractivity contribution in [3.05, 3.63) is 64.3 Å². The van der Waals surface area contributed by atoms with Gasteiger partial charge in [-0.1, -0.05) is 30.2 Å². The Morgan fingerprint density at radius 3 is 2.70 bits per heavy atom. The zero-order valence-electron chi connectivity index (χ0n) is 13.2. The molecular formula is C20H20ClNO. The summed E-state index contributed by atoms with van der Waals surface area (Å²) >= 11 is 6.22. The summed E-state index contributed by atoms with van der Waals surface area (Å²) in [7, 11) is 1.71. The number of aryl methyl sites for hydroxylation is 1. The molecule has 0 amide bonds. The molecule has 1 aliphatic carbocycles. The quantitative estimate of drug-likeness (QED) is 0.602. The molecule has 0 spiro atoms. The molecule has 3 aromatic rings. The summed E-state index contributed by atoms with van der Waals surface area (Å²) in [5.74, 6) is 1.33. The van der Waals surface area contributed by atoms with Gasteiger partial charge in [0.1, 0.15) is 5.75 Å². The fraction of sp³-hybridized carbons (Fsp3) is 0.300. The van der Waals surface area contributed by atoms with Gasteiger partial charge >= 0.3 is 0 Å². The van der Waals surface area contributed by atoms with Crippen LogP contribution in [-0.4, -0.2) is 12.1 Å². The average Bonchev–Trinajstić information content (AvgIpc) is 2.79. The van der Waals surface area contributed by atoms with E-state index in [4.69, 9.17) is 16.3 Å². The Morgan fingerprint density at radius 1 is 1.09 bits per heavy atom. The minimum absolute atomic E-state index is 0.421. The third-order valence-corrected chi connectivity index (χ3v) is 5.17. The van der Waals surface area contributed by atoms with Gasteiger partial charge in [-0.05, 0) is 60.7 Å². The molecule has 0 bridgehead atoms. The lowest BCUT2D eigenvalue weighted by Gasteiger charge is -2.16. The van der Waals surface area contributed by atoms with Crippen LogP contribution >= 0.6 is 11.6 Å². The Morgan fingerprint density at radius 2 is 1.91 bits per heavy atom. The molecule has 0 radical (unpaired) electrons. The Hall–Kier alpha value is -1.93. The van der Waals surface area contributed by atoms with Crippen LogP contribution in [0.3, 0.4) is 0 Å². The fourth-order valence-electron chi connectivity index (χ4n) is 3.77. The second-order valence-electron chi connectivity index (χ2n) is 6.28. The molecule has 0 aliphatic heterocycles. The molecular weight excluding hydrogens is 306 g/mol. The van der Waals surface area contributed by atoms with Crippen LogP contribution in [0.25, 0.3) is 10.9 Å². The number of rotatable bonds is 2. The summed E-state index contributed by atoms with van der Waals surface area (Å²) in [6, 6.07) is 14.6. The maximum atomic E-state index is 6.22. The molecule has 23 heavy (non-hydrogen) atoms. The molecule has 118 valence electrons. The van der Waals surface area contributed by atoms with Crippen LogP contribution in [-0.2, 0) is 6.42 Å². The number of H-pyrrole nitrogens is 1. The highest BCUT2D eigenvalue weighted by Crippen LogP contribution is 2.39. The Balaban J connectivity index is 1.84. The van der Waals surface area contributed by atoms with E-state index in [1.165, 1.54) is 47.0 Å². The van der Waals surface area contributed by atoms with Crippen molar-refractivity contribution in [2.75, 3.05) is 7.11 Å². The molecule has 1 aliphatic rings. The highest BCUT2D eigenvalue weighted by molar-refractivity contribution is 6.31. The first-order chi connectivity index (χ1) is 11.3. The van der Waals surface area contributed by atoms with E-state index in [9.17, 15) is 0 Å². The van der Waals surface area contributed by atoms with Crippen molar-refractivity contribution in [1.29, 1.82) is 0 Å². The number of benzene rings is 2. The summed E-state index contributed by atoms with van der Waals surface area (Å²) in [6.45, 7) is 0. The first-order valence-electron chi connectivity index (χ1n) is 8.20. The Labute approximate surface area is 141 Å². The number of aromatic amines is 1. The molecule has 1 atom stereocenters. The van der Waals surface area contributed by atoms with Gasteiger partial charge in [0.2, 0.25) is 0 Å². The lowest BCUT2D eigenvalue weighted by Crippen LogP contribution is -2.02. The van der Waals surface area contributed by atoms with Crippen LogP contribution in [0.15, 0.2) is 42.5 Å². The predicted octanol–water partition coefficient (Wildman–Crippen LogP) is 5.69. The van der Waals surface area contributed by atoms with E-state index < -0.39 is 0 Å². The third-order valence-electron chi connectivity index (χ3n) is 4.94. The number of nitrogens with one attached hydrogen (secondary N) is 1. The Kier molecular flexibility index (Phi) is 3.78. The van der Waals surface area contributed by atoms with Crippen molar-refractivity contribution in [1.82, 2.24) is 4.98 Å². The van der Waals surface area contributed by atoms with Crippen molar-refractivity contribution < 1.29 is 4.74 Å². The lowest BCUT2D eigenvalue weighted by atomic mass is 9.91. The first kappa shape index (κ1) is 14.6. The van der Waals surface area contributed by atoms with Gasteiger partial charge in [0.15, 0.2) is 0 Å². The molecule has 1 heterocycles. The van der Waals surface area contributed by atoms with Gasteiger partial charge in [-0.2, -0.15) is 0 Å². The molecule has 0 fully saturated rings.